The number of fused-ring (bicyclic) bond motifs is 2. The van der Waals surface area contributed by atoms with E-state index >= 15 is 0 Å². The summed E-state index contributed by atoms with van der Waals surface area (Å²) in [5.41, 5.74) is 1.28. The van der Waals surface area contributed by atoms with E-state index in [4.69, 9.17) is 9.47 Å². The third-order valence-electron chi connectivity index (χ3n) is 5.88. The molecule has 0 atom stereocenters. The molecule has 5 rings (SSSR count). The Kier molecular flexibility index (Phi) is 5.82. The van der Waals surface area contributed by atoms with Crippen molar-refractivity contribution in [3.8, 4) is 11.5 Å². The number of nitrogens with one attached hydrogen (secondary N) is 1. The van der Waals surface area contributed by atoms with Crippen LogP contribution in [0.5, 0.6) is 11.5 Å². The van der Waals surface area contributed by atoms with Gasteiger partial charge in [0, 0.05) is 12.6 Å². The highest BCUT2D eigenvalue weighted by Gasteiger charge is 2.19. The van der Waals surface area contributed by atoms with E-state index in [2.05, 4.69) is 10.3 Å². The number of hydrogen-bond donors (Lipinski definition) is 1. The molecule has 178 valence electrons. The van der Waals surface area contributed by atoms with E-state index < -0.39 is 17.2 Å². The van der Waals surface area contributed by atoms with Crippen molar-refractivity contribution in [2.24, 2.45) is 0 Å². The number of aromatic nitrogens is 3. The second kappa shape index (κ2) is 9.09. The number of hydrogen-bond acceptors (Lipinski definition) is 6. The van der Waals surface area contributed by atoms with E-state index in [1.165, 1.54) is 21.4 Å². The standard InChI is InChI=1S/C26H24N4O5/c1-16(2)30-21-13-27-20(24(31)28-12-18-8-9-22-23(10-18)35-15-34-22)11-19(21)25(32)29(26(30)33)14-17-6-4-3-5-7-17/h3-11,13,16H,12,14-15H2,1-2H3,(H,28,31). The maximum atomic E-state index is 13.4. The lowest BCUT2D eigenvalue weighted by atomic mass is 10.2. The number of amides is 1. The van der Waals surface area contributed by atoms with Crippen LogP contribution in [0.4, 0.5) is 0 Å². The van der Waals surface area contributed by atoms with Crippen molar-refractivity contribution in [3.63, 3.8) is 0 Å². The van der Waals surface area contributed by atoms with Crippen LogP contribution in [0, 0.1) is 0 Å². The van der Waals surface area contributed by atoms with Gasteiger partial charge in [-0.25, -0.2) is 9.78 Å². The summed E-state index contributed by atoms with van der Waals surface area (Å²) in [5.74, 6) is 0.867. The van der Waals surface area contributed by atoms with Crippen molar-refractivity contribution in [1.82, 2.24) is 19.4 Å². The van der Waals surface area contributed by atoms with Crippen molar-refractivity contribution in [2.45, 2.75) is 33.0 Å². The fourth-order valence-corrected chi connectivity index (χ4v) is 4.13. The lowest BCUT2D eigenvalue weighted by molar-refractivity contribution is 0.0946. The number of benzene rings is 2. The summed E-state index contributed by atoms with van der Waals surface area (Å²) in [6, 6.07) is 16.0. The van der Waals surface area contributed by atoms with E-state index in [-0.39, 0.29) is 37.0 Å². The fourth-order valence-electron chi connectivity index (χ4n) is 4.13. The van der Waals surface area contributed by atoms with Gasteiger partial charge in [0.15, 0.2) is 11.5 Å². The molecule has 9 heteroatoms. The first-order valence-corrected chi connectivity index (χ1v) is 11.3. The molecular weight excluding hydrogens is 448 g/mol. The van der Waals surface area contributed by atoms with Gasteiger partial charge in [-0.2, -0.15) is 0 Å². The average molecular weight is 473 g/mol. The van der Waals surface area contributed by atoms with Crippen molar-refractivity contribution < 1.29 is 14.3 Å². The Morgan fingerprint density at radius 2 is 1.80 bits per heavy atom. The summed E-state index contributed by atoms with van der Waals surface area (Å²) < 4.78 is 13.4. The Bertz CT molecular complexity index is 1540. The SMILES string of the molecule is CC(C)n1c(=O)n(Cc2ccccc2)c(=O)c2cc(C(=O)NCc3ccc4c(c3)OCO4)ncc21. The molecule has 1 aliphatic rings. The largest absolute Gasteiger partial charge is 0.454 e. The van der Waals surface area contributed by atoms with Crippen LogP contribution in [-0.2, 0) is 13.1 Å². The first-order chi connectivity index (χ1) is 16.9. The minimum Gasteiger partial charge on any atom is -0.454 e. The number of pyridine rings is 1. The molecule has 1 amide bonds. The minimum atomic E-state index is -0.460. The predicted octanol–water partition coefficient (Wildman–Crippen LogP) is 2.85. The van der Waals surface area contributed by atoms with Crippen LogP contribution in [0.25, 0.3) is 10.9 Å². The molecule has 0 saturated carbocycles. The van der Waals surface area contributed by atoms with Gasteiger partial charge in [-0.05, 0) is 43.2 Å². The van der Waals surface area contributed by atoms with Gasteiger partial charge in [0.25, 0.3) is 11.5 Å². The van der Waals surface area contributed by atoms with E-state index in [9.17, 15) is 14.4 Å². The monoisotopic (exact) mass is 472 g/mol. The highest BCUT2D eigenvalue weighted by atomic mass is 16.7. The smallest absolute Gasteiger partial charge is 0.332 e. The molecule has 0 unspecified atom stereocenters. The first kappa shape index (κ1) is 22.4. The van der Waals surface area contributed by atoms with Crippen LogP contribution < -0.4 is 26.0 Å². The van der Waals surface area contributed by atoms with E-state index in [1.807, 2.05) is 50.2 Å². The summed E-state index contributed by atoms with van der Waals surface area (Å²) >= 11 is 0. The van der Waals surface area contributed by atoms with E-state index in [0.717, 1.165) is 11.1 Å². The molecule has 0 radical (unpaired) electrons. The molecule has 1 N–H and O–H groups in total. The number of carbonyl (C=O) groups excluding carboxylic acids is 1. The first-order valence-electron chi connectivity index (χ1n) is 11.3. The van der Waals surface area contributed by atoms with Crippen LogP contribution in [0.1, 0.15) is 41.5 Å². The van der Waals surface area contributed by atoms with E-state index in [0.29, 0.717) is 17.0 Å². The molecule has 0 fully saturated rings. The van der Waals surface area contributed by atoms with Gasteiger partial charge < -0.3 is 14.8 Å². The van der Waals surface area contributed by atoms with Gasteiger partial charge in [0.2, 0.25) is 6.79 Å². The molecule has 2 aromatic heterocycles. The zero-order chi connectivity index (χ0) is 24.5. The number of rotatable bonds is 6. The van der Waals surface area contributed by atoms with E-state index in [1.54, 1.807) is 12.1 Å². The van der Waals surface area contributed by atoms with Crippen LogP contribution in [-0.4, -0.2) is 26.8 Å². The zero-order valence-corrected chi connectivity index (χ0v) is 19.4. The Morgan fingerprint density at radius 3 is 2.57 bits per heavy atom. The summed E-state index contributed by atoms with van der Waals surface area (Å²) in [4.78, 5) is 43.7. The van der Waals surface area contributed by atoms with Crippen LogP contribution in [0.15, 0.2) is 70.4 Å². The van der Waals surface area contributed by atoms with Gasteiger partial charge in [0.1, 0.15) is 5.69 Å². The summed E-state index contributed by atoms with van der Waals surface area (Å²) in [7, 11) is 0. The third-order valence-corrected chi connectivity index (χ3v) is 5.88. The summed E-state index contributed by atoms with van der Waals surface area (Å²) in [6.45, 7) is 4.29. The average Bonchev–Trinajstić information content (AvgIpc) is 3.33. The second-order valence-electron chi connectivity index (χ2n) is 8.58. The van der Waals surface area contributed by atoms with Crippen molar-refractivity contribution in [2.75, 3.05) is 6.79 Å². The lowest BCUT2D eigenvalue weighted by Gasteiger charge is -2.17. The van der Waals surface area contributed by atoms with Gasteiger partial charge in [-0.3, -0.25) is 18.7 Å². The topological polar surface area (TPSA) is 104 Å². The summed E-state index contributed by atoms with van der Waals surface area (Å²) in [6.07, 6.45) is 1.42. The molecule has 2 aromatic carbocycles. The molecule has 0 bridgehead atoms. The van der Waals surface area contributed by atoms with Crippen molar-refractivity contribution in [3.05, 3.63) is 98.5 Å². The third kappa shape index (κ3) is 4.28. The number of ether oxygens (including phenoxy) is 2. The van der Waals surface area contributed by atoms with Gasteiger partial charge in [0.05, 0.1) is 23.6 Å². The Balaban J connectivity index is 1.48. The maximum absolute atomic E-state index is 13.4. The molecule has 35 heavy (non-hydrogen) atoms. The maximum Gasteiger partial charge on any atom is 0.332 e. The zero-order valence-electron chi connectivity index (χ0n) is 19.4. The highest BCUT2D eigenvalue weighted by molar-refractivity contribution is 5.95. The minimum absolute atomic E-state index is 0.0931. The fraction of sp³-hybridized carbons (Fsp3) is 0.231. The molecule has 3 heterocycles. The lowest BCUT2D eigenvalue weighted by Crippen LogP contribution is -2.41. The van der Waals surface area contributed by atoms with Crippen molar-refractivity contribution in [1.29, 1.82) is 0 Å². The quantitative estimate of drug-likeness (QED) is 0.463. The number of nitrogens with zero attached hydrogens (tertiary/aromatic N) is 3. The van der Waals surface area contributed by atoms with Crippen LogP contribution in [0.3, 0.4) is 0 Å². The molecule has 9 nitrogen and oxygen atoms in total. The predicted molar refractivity (Wildman–Crippen MR) is 130 cm³/mol. The molecule has 0 aliphatic carbocycles. The highest BCUT2D eigenvalue weighted by Crippen LogP contribution is 2.32. The summed E-state index contributed by atoms with van der Waals surface area (Å²) in [5, 5.41) is 3.08. The second-order valence-corrected chi connectivity index (χ2v) is 8.58. The van der Waals surface area contributed by atoms with Crippen LogP contribution in [0.2, 0.25) is 0 Å². The van der Waals surface area contributed by atoms with Gasteiger partial charge in [-0.1, -0.05) is 36.4 Å². The van der Waals surface area contributed by atoms with Gasteiger partial charge in [-0.15, -0.1) is 0 Å². The normalized spacial score (nSPS) is 12.3. The van der Waals surface area contributed by atoms with Crippen LogP contribution >= 0.6 is 0 Å². The van der Waals surface area contributed by atoms with Crippen molar-refractivity contribution >= 4 is 16.8 Å². The Labute approximate surface area is 200 Å². The molecule has 1 aliphatic heterocycles. The molecule has 0 saturated heterocycles. The molecule has 4 aromatic rings. The van der Waals surface area contributed by atoms with Gasteiger partial charge >= 0.3 is 5.69 Å². The molecular formula is C26H24N4O5. The molecule has 0 spiro atoms. The number of carbonyl (C=O) groups is 1. The Hall–Kier alpha value is -4.40. The Morgan fingerprint density at radius 1 is 1.03 bits per heavy atom.